The molecule has 0 spiro atoms. The van der Waals surface area contributed by atoms with Gasteiger partial charge in [0.05, 0.1) is 0 Å². The summed E-state index contributed by atoms with van der Waals surface area (Å²) in [5, 5.41) is 12.6. The second-order valence-corrected chi connectivity index (χ2v) is 7.30. The zero-order valence-corrected chi connectivity index (χ0v) is 17.0. The second kappa shape index (κ2) is 10.1. The van der Waals surface area contributed by atoms with Crippen LogP contribution in [-0.2, 0) is 6.42 Å². The predicted octanol–water partition coefficient (Wildman–Crippen LogP) is 5.64. The van der Waals surface area contributed by atoms with E-state index in [9.17, 15) is 5.11 Å². The molecule has 28 heavy (non-hydrogen) atoms. The molecule has 0 aromatic heterocycles. The summed E-state index contributed by atoms with van der Waals surface area (Å²) in [6.45, 7) is 8.37. The van der Waals surface area contributed by atoms with E-state index in [1.807, 2.05) is 30.3 Å². The van der Waals surface area contributed by atoms with E-state index in [0.717, 1.165) is 47.3 Å². The first-order valence-electron chi connectivity index (χ1n) is 10.3. The lowest BCUT2D eigenvalue weighted by molar-refractivity contribution is 0.209. The summed E-state index contributed by atoms with van der Waals surface area (Å²) in [5.74, 6) is 1.25. The molecule has 0 saturated heterocycles. The molecule has 3 aromatic carbocycles. The standard InChI is InChI=1S/C25H31NO2/c1-3-15-26(16-4-2)17-18-28-22-12-9-20(10-13-22)19-24-23-8-6-5-7-21(23)11-14-25(24)27/h5-14,27H,3-4,15-19H2,1-2H3. The average molecular weight is 378 g/mol. The van der Waals surface area contributed by atoms with Crippen molar-refractivity contribution in [3.05, 3.63) is 71.8 Å². The Bertz CT molecular complexity index is 867. The number of aromatic hydroxyl groups is 1. The van der Waals surface area contributed by atoms with Crippen LogP contribution in [0.3, 0.4) is 0 Å². The van der Waals surface area contributed by atoms with E-state index in [1.165, 1.54) is 12.8 Å². The highest BCUT2D eigenvalue weighted by Crippen LogP contribution is 2.29. The Morgan fingerprint density at radius 3 is 2.25 bits per heavy atom. The van der Waals surface area contributed by atoms with Gasteiger partial charge in [-0.15, -0.1) is 0 Å². The van der Waals surface area contributed by atoms with E-state index in [-0.39, 0.29) is 0 Å². The number of benzene rings is 3. The Labute approximate surface area is 168 Å². The summed E-state index contributed by atoms with van der Waals surface area (Å²) in [6.07, 6.45) is 3.06. The van der Waals surface area contributed by atoms with Gasteiger partial charge in [-0.1, -0.05) is 56.3 Å². The van der Waals surface area contributed by atoms with Gasteiger partial charge in [0.25, 0.3) is 0 Å². The lowest BCUT2D eigenvalue weighted by Gasteiger charge is -2.20. The number of phenolic OH excluding ortho intramolecular Hbond substituents is 1. The quantitative estimate of drug-likeness (QED) is 0.496. The Balaban J connectivity index is 1.62. The van der Waals surface area contributed by atoms with Crippen LogP contribution < -0.4 is 4.74 Å². The Hall–Kier alpha value is -2.52. The first kappa shape index (κ1) is 20.2. The van der Waals surface area contributed by atoms with Crippen LogP contribution in [0.2, 0.25) is 0 Å². The summed E-state index contributed by atoms with van der Waals surface area (Å²) in [5.41, 5.74) is 2.14. The topological polar surface area (TPSA) is 32.7 Å². The van der Waals surface area contributed by atoms with Crippen molar-refractivity contribution >= 4 is 10.8 Å². The van der Waals surface area contributed by atoms with Crippen molar-refractivity contribution in [2.24, 2.45) is 0 Å². The Morgan fingerprint density at radius 2 is 1.54 bits per heavy atom. The van der Waals surface area contributed by atoms with Gasteiger partial charge in [0, 0.05) is 18.5 Å². The van der Waals surface area contributed by atoms with Crippen molar-refractivity contribution in [3.63, 3.8) is 0 Å². The molecule has 3 aromatic rings. The minimum Gasteiger partial charge on any atom is -0.508 e. The highest BCUT2D eigenvalue weighted by molar-refractivity contribution is 5.88. The maximum atomic E-state index is 10.4. The number of hydrogen-bond donors (Lipinski definition) is 1. The van der Waals surface area contributed by atoms with E-state index in [0.29, 0.717) is 18.8 Å². The van der Waals surface area contributed by atoms with Gasteiger partial charge < -0.3 is 9.84 Å². The molecule has 0 bridgehead atoms. The van der Waals surface area contributed by atoms with E-state index in [1.54, 1.807) is 6.07 Å². The van der Waals surface area contributed by atoms with Crippen LogP contribution in [0.15, 0.2) is 60.7 Å². The molecule has 0 atom stereocenters. The van der Waals surface area contributed by atoms with Gasteiger partial charge in [-0.25, -0.2) is 0 Å². The minimum absolute atomic E-state index is 0.353. The second-order valence-electron chi connectivity index (χ2n) is 7.30. The minimum atomic E-state index is 0.353. The predicted molar refractivity (Wildman–Crippen MR) is 117 cm³/mol. The molecule has 3 nitrogen and oxygen atoms in total. The van der Waals surface area contributed by atoms with E-state index < -0.39 is 0 Å². The Morgan fingerprint density at radius 1 is 0.821 bits per heavy atom. The number of nitrogens with zero attached hydrogens (tertiary/aromatic N) is 1. The molecule has 0 aliphatic carbocycles. The number of rotatable bonds is 10. The third-order valence-corrected chi connectivity index (χ3v) is 5.08. The van der Waals surface area contributed by atoms with Gasteiger partial charge in [-0.05, 0) is 60.5 Å². The van der Waals surface area contributed by atoms with Gasteiger partial charge in [-0.2, -0.15) is 0 Å². The van der Waals surface area contributed by atoms with Crippen LogP contribution in [0.4, 0.5) is 0 Å². The molecule has 0 aliphatic rings. The molecule has 0 saturated carbocycles. The van der Waals surface area contributed by atoms with Crippen molar-refractivity contribution in [1.82, 2.24) is 4.90 Å². The van der Waals surface area contributed by atoms with Crippen molar-refractivity contribution < 1.29 is 9.84 Å². The molecule has 0 heterocycles. The maximum Gasteiger partial charge on any atom is 0.119 e. The number of fused-ring (bicyclic) bond motifs is 1. The normalized spacial score (nSPS) is 11.2. The van der Waals surface area contributed by atoms with E-state index >= 15 is 0 Å². The van der Waals surface area contributed by atoms with Crippen molar-refractivity contribution in [3.8, 4) is 11.5 Å². The highest BCUT2D eigenvalue weighted by atomic mass is 16.5. The molecule has 148 valence electrons. The Kier molecular flexibility index (Phi) is 7.32. The van der Waals surface area contributed by atoms with Gasteiger partial charge in [-0.3, -0.25) is 4.90 Å². The summed E-state index contributed by atoms with van der Waals surface area (Å²) in [6, 6.07) is 20.2. The number of ether oxygens (including phenoxy) is 1. The molecule has 0 amide bonds. The van der Waals surface area contributed by atoms with Crippen LogP contribution in [0.5, 0.6) is 11.5 Å². The first-order valence-corrected chi connectivity index (χ1v) is 10.3. The number of phenols is 1. The van der Waals surface area contributed by atoms with Crippen molar-refractivity contribution in [2.45, 2.75) is 33.1 Å². The average Bonchev–Trinajstić information content (AvgIpc) is 2.72. The molecule has 0 fully saturated rings. The van der Waals surface area contributed by atoms with Crippen LogP contribution in [-0.4, -0.2) is 36.2 Å². The van der Waals surface area contributed by atoms with Crippen molar-refractivity contribution in [1.29, 1.82) is 0 Å². The molecule has 0 aliphatic heterocycles. The lowest BCUT2D eigenvalue weighted by atomic mass is 9.97. The van der Waals surface area contributed by atoms with Crippen LogP contribution in [0.25, 0.3) is 10.8 Å². The molecule has 3 rings (SSSR count). The lowest BCUT2D eigenvalue weighted by Crippen LogP contribution is -2.30. The highest BCUT2D eigenvalue weighted by Gasteiger charge is 2.08. The molecule has 0 unspecified atom stereocenters. The smallest absolute Gasteiger partial charge is 0.119 e. The fraction of sp³-hybridized carbons (Fsp3) is 0.360. The van der Waals surface area contributed by atoms with E-state index in [4.69, 9.17) is 4.74 Å². The summed E-state index contributed by atoms with van der Waals surface area (Å²) in [7, 11) is 0. The third kappa shape index (κ3) is 5.26. The summed E-state index contributed by atoms with van der Waals surface area (Å²) in [4.78, 5) is 2.46. The zero-order chi connectivity index (χ0) is 19.8. The SMILES string of the molecule is CCCN(CCC)CCOc1ccc(Cc2c(O)ccc3ccccc23)cc1. The zero-order valence-electron chi connectivity index (χ0n) is 17.0. The summed E-state index contributed by atoms with van der Waals surface area (Å²) < 4.78 is 5.94. The molecule has 3 heteroatoms. The molecule has 1 N–H and O–H groups in total. The molecular formula is C25H31NO2. The fourth-order valence-electron chi connectivity index (χ4n) is 3.68. The monoisotopic (exact) mass is 377 g/mol. The molecular weight excluding hydrogens is 346 g/mol. The maximum absolute atomic E-state index is 10.4. The largest absolute Gasteiger partial charge is 0.508 e. The van der Waals surface area contributed by atoms with Crippen LogP contribution in [0.1, 0.15) is 37.8 Å². The number of hydrogen-bond acceptors (Lipinski definition) is 3. The third-order valence-electron chi connectivity index (χ3n) is 5.08. The van der Waals surface area contributed by atoms with Gasteiger partial charge in [0.1, 0.15) is 18.1 Å². The van der Waals surface area contributed by atoms with Crippen LogP contribution in [0, 0.1) is 0 Å². The fourth-order valence-corrected chi connectivity index (χ4v) is 3.68. The van der Waals surface area contributed by atoms with Gasteiger partial charge >= 0.3 is 0 Å². The first-order chi connectivity index (χ1) is 13.7. The van der Waals surface area contributed by atoms with Crippen molar-refractivity contribution in [2.75, 3.05) is 26.2 Å². The van der Waals surface area contributed by atoms with Crippen LogP contribution >= 0.6 is 0 Å². The van der Waals surface area contributed by atoms with E-state index in [2.05, 4.69) is 43.0 Å². The molecule has 0 radical (unpaired) electrons. The summed E-state index contributed by atoms with van der Waals surface area (Å²) >= 11 is 0. The van der Waals surface area contributed by atoms with Gasteiger partial charge in [0.2, 0.25) is 0 Å². The van der Waals surface area contributed by atoms with Gasteiger partial charge in [0.15, 0.2) is 0 Å².